The van der Waals surface area contributed by atoms with Gasteiger partial charge < -0.3 is 0 Å². The number of rotatable bonds is 17. The van der Waals surface area contributed by atoms with E-state index < -0.39 is 0 Å². The molecule has 0 heteroatoms. The highest BCUT2D eigenvalue weighted by Crippen LogP contribution is 2.42. The van der Waals surface area contributed by atoms with E-state index >= 15 is 0 Å². The minimum Gasteiger partial charge on any atom is -0.0955 e. The van der Waals surface area contributed by atoms with Crippen LogP contribution in [0.1, 0.15) is 191 Å². The van der Waals surface area contributed by atoms with Gasteiger partial charge in [-0.25, -0.2) is 0 Å². The highest BCUT2D eigenvalue weighted by Gasteiger charge is 2.28. The third-order valence-electron chi connectivity index (χ3n) is 10.9. The molecule has 1 aliphatic carbocycles. The first kappa shape index (κ1) is 48.4. The van der Waals surface area contributed by atoms with Gasteiger partial charge in [-0.15, -0.1) is 0 Å². The predicted octanol–water partition coefficient (Wildman–Crippen LogP) is 17.2. The lowest BCUT2D eigenvalue weighted by Gasteiger charge is -2.35. The summed E-state index contributed by atoms with van der Waals surface area (Å²) in [4.78, 5) is 0. The average Bonchev–Trinajstić information content (AvgIpc) is 3.09. The summed E-state index contributed by atoms with van der Waals surface area (Å²) < 4.78 is 0. The summed E-state index contributed by atoms with van der Waals surface area (Å²) in [5, 5.41) is 0. The van der Waals surface area contributed by atoms with Crippen molar-refractivity contribution < 1.29 is 0 Å². The predicted molar refractivity (Wildman–Crippen MR) is 236 cm³/mol. The molecule has 0 nitrogen and oxygen atoms in total. The molecule has 0 aromatic heterocycles. The van der Waals surface area contributed by atoms with E-state index in [4.69, 9.17) is 0 Å². The van der Waals surface area contributed by atoms with Crippen LogP contribution in [0.5, 0.6) is 0 Å². The van der Waals surface area contributed by atoms with E-state index in [9.17, 15) is 0 Å². The van der Waals surface area contributed by atoms with E-state index in [-0.39, 0.29) is 0 Å². The standard InChI is InChI=1S/C36H54.C13H24.C2H6/c1-13-15-35(31-17-14-16-30(21-31)24(2)3)29(9)28(8)27(7)20-32(25(4)5)22-33-23-34(36(10,11)12)19-18-26(33)6;1-4-7-8-9-12-13(10-5-2)11-6-3;1-2/h14,16-17,20-22,24,29,34-35H,4,8,13,15,18-19,23H2,1-3,5-7,9-12H3;4,7-9,13H,5-6,10-12H2,1-3H3;1-2H3/b27-20+,32-22-;7-4-,9-8-;/t29-,34-,35-;;/m0../s1. The molecule has 3 atom stereocenters. The van der Waals surface area contributed by atoms with Crippen LogP contribution in [0.15, 0.2) is 107 Å². The lowest BCUT2D eigenvalue weighted by atomic mass is 9.70. The smallest absolute Gasteiger partial charge is 0.00959 e. The van der Waals surface area contributed by atoms with Crippen molar-refractivity contribution in [1.29, 1.82) is 0 Å². The maximum absolute atomic E-state index is 4.62. The van der Waals surface area contributed by atoms with Crippen molar-refractivity contribution in [3.63, 3.8) is 0 Å². The molecule has 0 amide bonds. The van der Waals surface area contributed by atoms with Gasteiger partial charge in [-0.05, 0) is 128 Å². The quantitative estimate of drug-likeness (QED) is 0.142. The fourth-order valence-corrected chi connectivity index (χ4v) is 7.24. The van der Waals surface area contributed by atoms with Gasteiger partial charge in [0.05, 0.1) is 0 Å². The van der Waals surface area contributed by atoms with E-state index in [1.807, 2.05) is 13.8 Å². The molecule has 0 fully saturated rings. The van der Waals surface area contributed by atoms with Crippen LogP contribution in [-0.4, -0.2) is 0 Å². The summed E-state index contributed by atoms with van der Waals surface area (Å²) in [5.74, 6) is 3.06. The first-order valence-corrected chi connectivity index (χ1v) is 20.9. The zero-order valence-corrected chi connectivity index (χ0v) is 36.6. The Kier molecular flexibility index (Phi) is 24.9. The number of hydrogen-bond donors (Lipinski definition) is 0. The molecule has 0 aliphatic heterocycles. The number of allylic oxidation sites excluding steroid dienone is 12. The SMILES string of the molecule is C/C=C\C=C/CC(CCC)CCC.C=C(C)C(=C\C1=C(C)CC[C@H](C(C)(C)C)C1)/C=C(\C)C(=C)[C@H](C)[C@H](CCC)c1cccc(C(C)C)c1.CC. The van der Waals surface area contributed by atoms with Crippen LogP contribution in [-0.2, 0) is 0 Å². The monoisotopic (exact) mass is 697 g/mol. The zero-order chi connectivity index (χ0) is 39.1. The van der Waals surface area contributed by atoms with Gasteiger partial charge in [0, 0.05) is 0 Å². The Morgan fingerprint density at radius 3 is 2.00 bits per heavy atom. The fraction of sp³-hybridized carbons (Fsp3) is 0.608. The van der Waals surface area contributed by atoms with E-state index in [1.54, 1.807) is 5.57 Å². The molecular formula is C51H84. The first-order chi connectivity index (χ1) is 24.1. The van der Waals surface area contributed by atoms with E-state index in [1.165, 1.54) is 97.6 Å². The van der Waals surface area contributed by atoms with Crippen LogP contribution in [0, 0.1) is 23.2 Å². The van der Waals surface area contributed by atoms with Crippen molar-refractivity contribution in [3.8, 4) is 0 Å². The van der Waals surface area contributed by atoms with Gasteiger partial charge in [0.15, 0.2) is 0 Å². The molecule has 0 saturated carbocycles. The number of benzene rings is 1. The summed E-state index contributed by atoms with van der Waals surface area (Å²) in [6.45, 7) is 42.7. The van der Waals surface area contributed by atoms with Crippen molar-refractivity contribution in [2.45, 2.75) is 180 Å². The minimum atomic E-state index is 0.347. The first-order valence-electron chi connectivity index (χ1n) is 20.9. The van der Waals surface area contributed by atoms with Gasteiger partial charge in [0.2, 0.25) is 0 Å². The molecule has 1 aromatic rings. The summed E-state index contributed by atoms with van der Waals surface area (Å²) >= 11 is 0. The topological polar surface area (TPSA) is 0 Å². The molecule has 0 heterocycles. The van der Waals surface area contributed by atoms with Crippen LogP contribution >= 0.6 is 0 Å². The Balaban J connectivity index is 0.00000140. The van der Waals surface area contributed by atoms with Crippen molar-refractivity contribution in [2.24, 2.45) is 23.2 Å². The van der Waals surface area contributed by atoms with E-state index in [0.717, 1.165) is 17.4 Å². The lowest BCUT2D eigenvalue weighted by molar-refractivity contribution is 0.217. The molecular weight excluding hydrogens is 613 g/mol. The Morgan fingerprint density at radius 1 is 0.902 bits per heavy atom. The molecule has 0 unspecified atom stereocenters. The summed E-state index contributed by atoms with van der Waals surface area (Å²) in [6, 6.07) is 9.24. The second kappa shape index (κ2) is 26.2. The molecule has 1 aromatic carbocycles. The normalized spacial score (nSPS) is 17.0. The third kappa shape index (κ3) is 18.1. The minimum absolute atomic E-state index is 0.347. The van der Waals surface area contributed by atoms with Crippen LogP contribution in [0.25, 0.3) is 0 Å². The molecule has 0 spiro atoms. The maximum atomic E-state index is 4.62. The van der Waals surface area contributed by atoms with Gasteiger partial charge in [-0.3, -0.25) is 0 Å². The zero-order valence-electron chi connectivity index (χ0n) is 36.6. The highest BCUT2D eigenvalue weighted by atomic mass is 14.3. The lowest BCUT2D eigenvalue weighted by Crippen LogP contribution is -2.23. The van der Waals surface area contributed by atoms with Crippen molar-refractivity contribution in [1.82, 2.24) is 0 Å². The fourth-order valence-electron chi connectivity index (χ4n) is 7.24. The molecule has 0 radical (unpaired) electrons. The van der Waals surface area contributed by atoms with Crippen LogP contribution in [0.2, 0.25) is 0 Å². The summed E-state index contributed by atoms with van der Waals surface area (Å²) in [5.41, 5.74) is 11.2. The van der Waals surface area contributed by atoms with Crippen molar-refractivity contribution in [2.75, 3.05) is 0 Å². The van der Waals surface area contributed by atoms with Crippen molar-refractivity contribution in [3.05, 3.63) is 118 Å². The van der Waals surface area contributed by atoms with Crippen LogP contribution in [0.4, 0.5) is 0 Å². The Bertz CT molecular complexity index is 1290. The second-order valence-electron chi connectivity index (χ2n) is 16.5. The molecule has 0 N–H and O–H groups in total. The maximum Gasteiger partial charge on any atom is -0.00959 e. The highest BCUT2D eigenvalue weighted by molar-refractivity contribution is 5.48. The molecule has 1 aliphatic rings. The van der Waals surface area contributed by atoms with E-state index in [2.05, 4.69) is 164 Å². The summed E-state index contributed by atoms with van der Waals surface area (Å²) in [6.07, 6.45) is 26.1. The van der Waals surface area contributed by atoms with Gasteiger partial charge in [-0.2, -0.15) is 0 Å². The Hall–Kier alpha value is -2.60. The third-order valence-corrected chi connectivity index (χ3v) is 10.9. The van der Waals surface area contributed by atoms with Crippen LogP contribution < -0.4 is 0 Å². The van der Waals surface area contributed by atoms with E-state index in [0.29, 0.717) is 23.2 Å². The summed E-state index contributed by atoms with van der Waals surface area (Å²) in [7, 11) is 0. The molecule has 0 bridgehead atoms. The second-order valence-corrected chi connectivity index (χ2v) is 16.5. The molecule has 288 valence electrons. The average molecular weight is 697 g/mol. The van der Waals surface area contributed by atoms with Gasteiger partial charge in [0.1, 0.15) is 0 Å². The largest absolute Gasteiger partial charge is 0.0955 e. The van der Waals surface area contributed by atoms with Crippen molar-refractivity contribution >= 4 is 0 Å². The Labute approximate surface area is 320 Å². The molecule has 51 heavy (non-hydrogen) atoms. The van der Waals surface area contributed by atoms with Crippen LogP contribution in [0.3, 0.4) is 0 Å². The molecule has 2 rings (SSSR count). The van der Waals surface area contributed by atoms with Gasteiger partial charge in [0.25, 0.3) is 0 Å². The molecule has 0 saturated heterocycles. The number of hydrogen-bond acceptors (Lipinski definition) is 0. The van der Waals surface area contributed by atoms with Gasteiger partial charge in [-0.1, -0.05) is 193 Å². The Morgan fingerprint density at radius 2 is 1.49 bits per heavy atom. The van der Waals surface area contributed by atoms with Gasteiger partial charge >= 0.3 is 0 Å².